The molecule has 2 rings (SSSR count). The summed E-state index contributed by atoms with van der Waals surface area (Å²) >= 11 is 0. The van der Waals surface area contributed by atoms with Gasteiger partial charge in [-0.05, 0) is 57.0 Å². The maximum Gasteiger partial charge on any atom is 0.167 e. The molecule has 0 saturated heterocycles. The first-order valence-corrected chi connectivity index (χ1v) is 7.29. The van der Waals surface area contributed by atoms with Gasteiger partial charge in [0.15, 0.2) is 5.78 Å². The van der Waals surface area contributed by atoms with Crippen LogP contribution in [-0.4, -0.2) is 36.4 Å². The van der Waals surface area contributed by atoms with Crippen molar-refractivity contribution in [3.8, 4) is 5.75 Å². The Morgan fingerprint density at radius 2 is 2.05 bits per heavy atom. The van der Waals surface area contributed by atoms with Gasteiger partial charge in [-0.25, -0.2) is 0 Å². The van der Waals surface area contributed by atoms with E-state index in [1.807, 2.05) is 25.1 Å². The van der Waals surface area contributed by atoms with Crippen LogP contribution in [0.2, 0.25) is 0 Å². The molecule has 0 radical (unpaired) electrons. The largest absolute Gasteiger partial charge is 0.507 e. The highest BCUT2D eigenvalue weighted by atomic mass is 16.3. The third-order valence-corrected chi connectivity index (χ3v) is 4.02. The lowest BCUT2D eigenvalue weighted by Gasteiger charge is -2.22. The Morgan fingerprint density at radius 3 is 2.70 bits per heavy atom. The first-order valence-electron chi connectivity index (χ1n) is 7.29. The van der Waals surface area contributed by atoms with E-state index < -0.39 is 0 Å². The SMILES string of the molecule is CN(C)CCC(=O)c1cc2c(c(CN)c1O)CCCC2. The summed E-state index contributed by atoms with van der Waals surface area (Å²) in [6.07, 6.45) is 4.64. The van der Waals surface area contributed by atoms with Crippen molar-refractivity contribution in [1.82, 2.24) is 4.90 Å². The van der Waals surface area contributed by atoms with Crippen molar-refractivity contribution >= 4 is 5.78 Å². The van der Waals surface area contributed by atoms with Crippen molar-refractivity contribution in [3.63, 3.8) is 0 Å². The summed E-state index contributed by atoms with van der Waals surface area (Å²) < 4.78 is 0. The number of phenolic OH excluding ortho intramolecular Hbond substituents is 1. The number of fused-ring (bicyclic) bond motifs is 1. The van der Waals surface area contributed by atoms with E-state index in [0.29, 0.717) is 25.1 Å². The number of hydrogen-bond donors (Lipinski definition) is 2. The molecule has 110 valence electrons. The second-order valence-electron chi connectivity index (χ2n) is 5.78. The van der Waals surface area contributed by atoms with E-state index in [4.69, 9.17) is 5.73 Å². The molecule has 0 aromatic heterocycles. The van der Waals surface area contributed by atoms with Crippen LogP contribution in [0.25, 0.3) is 0 Å². The Hall–Kier alpha value is -1.39. The zero-order chi connectivity index (χ0) is 14.7. The van der Waals surface area contributed by atoms with Crippen LogP contribution in [0.5, 0.6) is 5.75 Å². The number of rotatable bonds is 5. The number of nitrogens with zero attached hydrogens (tertiary/aromatic N) is 1. The number of phenols is 1. The fourth-order valence-corrected chi connectivity index (χ4v) is 2.87. The molecule has 1 aliphatic carbocycles. The molecule has 3 N–H and O–H groups in total. The topological polar surface area (TPSA) is 66.6 Å². The molecule has 1 aliphatic rings. The molecule has 0 saturated carbocycles. The van der Waals surface area contributed by atoms with Gasteiger partial charge in [0, 0.05) is 25.1 Å². The van der Waals surface area contributed by atoms with Crippen LogP contribution in [0.4, 0.5) is 0 Å². The fourth-order valence-electron chi connectivity index (χ4n) is 2.87. The quantitative estimate of drug-likeness (QED) is 0.806. The zero-order valence-corrected chi connectivity index (χ0v) is 12.4. The van der Waals surface area contributed by atoms with E-state index in [-0.39, 0.29) is 11.5 Å². The predicted molar refractivity (Wildman–Crippen MR) is 80.1 cm³/mol. The number of aromatic hydroxyl groups is 1. The van der Waals surface area contributed by atoms with Crippen LogP contribution in [0.15, 0.2) is 6.07 Å². The maximum absolute atomic E-state index is 12.3. The van der Waals surface area contributed by atoms with E-state index in [2.05, 4.69) is 0 Å². The number of benzene rings is 1. The number of nitrogens with two attached hydrogens (primary N) is 1. The molecular weight excluding hydrogens is 252 g/mol. The molecule has 0 atom stereocenters. The molecule has 0 spiro atoms. The van der Waals surface area contributed by atoms with E-state index in [0.717, 1.165) is 31.2 Å². The Kier molecular flexibility index (Phi) is 4.78. The Labute approximate surface area is 120 Å². The van der Waals surface area contributed by atoms with Gasteiger partial charge in [-0.15, -0.1) is 0 Å². The molecule has 0 unspecified atom stereocenters. The summed E-state index contributed by atoms with van der Waals surface area (Å²) in [4.78, 5) is 14.3. The summed E-state index contributed by atoms with van der Waals surface area (Å²) in [5.41, 5.74) is 9.38. The number of hydrogen-bond acceptors (Lipinski definition) is 4. The minimum absolute atomic E-state index is 0.000673. The average Bonchev–Trinajstić information content (AvgIpc) is 2.44. The molecule has 1 aromatic carbocycles. The Bertz CT molecular complexity index is 510. The molecule has 4 nitrogen and oxygen atoms in total. The lowest BCUT2D eigenvalue weighted by Crippen LogP contribution is -2.18. The number of aryl methyl sites for hydroxylation is 1. The third kappa shape index (κ3) is 3.02. The highest BCUT2D eigenvalue weighted by Crippen LogP contribution is 2.34. The number of carbonyl (C=O) groups is 1. The summed E-state index contributed by atoms with van der Waals surface area (Å²) in [5, 5.41) is 10.4. The molecule has 0 amide bonds. The van der Waals surface area contributed by atoms with Crippen molar-refractivity contribution in [1.29, 1.82) is 0 Å². The van der Waals surface area contributed by atoms with E-state index in [1.54, 1.807) is 0 Å². The van der Waals surface area contributed by atoms with Crippen LogP contribution in [0.1, 0.15) is 46.3 Å². The highest BCUT2D eigenvalue weighted by molar-refractivity contribution is 5.99. The van der Waals surface area contributed by atoms with E-state index in [9.17, 15) is 9.90 Å². The van der Waals surface area contributed by atoms with Crippen molar-refractivity contribution in [3.05, 3.63) is 28.3 Å². The van der Waals surface area contributed by atoms with Crippen LogP contribution in [0.3, 0.4) is 0 Å². The minimum atomic E-state index is -0.000673. The molecule has 0 fully saturated rings. The summed E-state index contributed by atoms with van der Waals surface area (Å²) in [5.74, 6) is 0.108. The second kappa shape index (κ2) is 6.37. The van der Waals surface area contributed by atoms with Crippen molar-refractivity contribution in [2.24, 2.45) is 5.73 Å². The van der Waals surface area contributed by atoms with Crippen molar-refractivity contribution in [2.75, 3.05) is 20.6 Å². The number of ketones is 1. The number of Topliss-reactive ketones (excluding diaryl/α,β-unsaturated/α-hetero) is 1. The Balaban J connectivity index is 2.36. The van der Waals surface area contributed by atoms with Gasteiger partial charge in [0.05, 0.1) is 5.56 Å². The lowest BCUT2D eigenvalue weighted by molar-refractivity contribution is 0.0969. The standard InChI is InChI=1S/C16H24N2O2/c1-18(2)8-7-15(19)13-9-11-5-3-4-6-12(11)14(10-17)16(13)20/h9,20H,3-8,10,17H2,1-2H3. The maximum atomic E-state index is 12.3. The summed E-state index contributed by atoms with van der Waals surface area (Å²) in [6, 6.07) is 1.89. The van der Waals surface area contributed by atoms with Gasteiger partial charge in [-0.1, -0.05) is 0 Å². The summed E-state index contributed by atoms with van der Waals surface area (Å²) in [6.45, 7) is 0.982. The van der Waals surface area contributed by atoms with Gasteiger partial charge >= 0.3 is 0 Å². The highest BCUT2D eigenvalue weighted by Gasteiger charge is 2.22. The van der Waals surface area contributed by atoms with Crippen LogP contribution >= 0.6 is 0 Å². The van der Waals surface area contributed by atoms with Gasteiger partial charge in [-0.2, -0.15) is 0 Å². The monoisotopic (exact) mass is 276 g/mol. The minimum Gasteiger partial charge on any atom is -0.507 e. The van der Waals surface area contributed by atoms with Gasteiger partial charge in [-0.3, -0.25) is 4.79 Å². The van der Waals surface area contributed by atoms with Gasteiger partial charge < -0.3 is 15.7 Å². The van der Waals surface area contributed by atoms with Gasteiger partial charge in [0.25, 0.3) is 0 Å². The Morgan fingerprint density at radius 1 is 1.35 bits per heavy atom. The molecule has 0 bridgehead atoms. The van der Waals surface area contributed by atoms with E-state index in [1.165, 1.54) is 11.1 Å². The van der Waals surface area contributed by atoms with Crippen LogP contribution in [-0.2, 0) is 19.4 Å². The van der Waals surface area contributed by atoms with Gasteiger partial charge in [0.1, 0.15) is 5.75 Å². The van der Waals surface area contributed by atoms with Crippen molar-refractivity contribution in [2.45, 2.75) is 38.6 Å². The van der Waals surface area contributed by atoms with Crippen LogP contribution in [0, 0.1) is 0 Å². The first kappa shape index (κ1) is 15.0. The second-order valence-corrected chi connectivity index (χ2v) is 5.78. The normalized spacial score (nSPS) is 14.4. The zero-order valence-electron chi connectivity index (χ0n) is 12.4. The van der Waals surface area contributed by atoms with Crippen molar-refractivity contribution < 1.29 is 9.90 Å². The molecule has 4 heteroatoms. The van der Waals surface area contributed by atoms with Gasteiger partial charge in [0.2, 0.25) is 0 Å². The average molecular weight is 276 g/mol. The lowest BCUT2D eigenvalue weighted by atomic mass is 9.85. The molecule has 0 aliphatic heterocycles. The molecule has 0 heterocycles. The molecule has 1 aromatic rings. The summed E-state index contributed by atoms with van der Waals surface area (Å²) in [7, 11) is 3.87. The first-order chi connectivity index (χ1) is 9.54. The third-order valence-electron chi connectivity index (χ3n) is 4.02. The smallest absolute Gasteiger partial charge is 0.167 e. The molecular formula is C16H24N2O2. The van der Waals surface area contributed by atoms with E-state index >= 15 is 0 Å². The molecule has 20 heavy (non-hydrogen) atoms. The fraction of sp³-hybridized carbons (Fsp3) is 0.562. The number of carbonyl (C=O) groups excluding carboxylic acids is 1. The van der Waals surface area contributed by atoms with Crippen LogP contribution < -0.4 is 5.73 Å². The predicted octanol–water partition coefficient (Wildman–Crippen LogP) is 1.86.